The summed E-state index contributed by atoms with van der Waals surface area (Å²) in [6, 6.07) is 5.84. The maximum Gasteiger partial charge on any atom is 0.260 e. The molecule has 7 nitrogen and oxygen atoms in total. The molecule has 2 fully saturated rings. The Hall–Kier alpha value is -2.57. The molecule has 2 saturated heterocycles. The zero-order valence-electron chi connectivity index (χ0n) is 15.4. The number of carbonyl (C=O) groups is 3. The first-order valence-corrected chi connectivity index (χ1v) is 8.88. The van der Waals surface area contributed by atoms with E-state index < -0.39 is 0 Å². The Balaban J connectivity index is 1.46. The van der Waals surface area contributed by atoms with E-state index in [0.29, 0.717) is 25.4 Å². The second kappa shape index (κ2) is 7.35. The molecule has 1 aromatic carbocycles. The molecule has 3 rings (SSSR count). The predicted octanol–water partition coefficient (Wildman–Crippen LogP) is 0.488. The van der Waals surface area contributed by atoms with E-state index in [4.69, 9.17) is 4.74 Å². The van der Waals surface area contributed by atoms with E-state index in [9.17, 15) is 14.4 Å². The largest absolute Gasteiger partial charge is 0.484 e. The Labute approximate surface area is 153 Å². The fraction of sp³-hybridized carbons (Fsp3) is 0.526. The van der Waals surface area contributed by atoms with Gasteiger partial charge in [0.25, 0.3) is 5.91 Å². The molecular weight excluding hydrogens is 334 g/mol. The van der Waals surface area contributed by atoms with Crippen LogP contribution in [-0.2, 0) is 14.4 Å². The van der Waals surface area contributed by atoms with Crippen molar-refractivity contribution in [3.63, 3.8) is 0 Å². The van der Waals surface area contributed by atoms with Gasteiger partial charge in [-0.3, -0.25) is 14.4 Å². The first-order valence-electron chi connectivity index (χ1n) is 8.88. The lowest BCUT2D eigenvalue weighted by Gasteiger charge is -2.44. The number of hydrogen-bond donors (Lipinski definition) is 1. The van der Waals surface area contributed by atoms with Crippen molar-refractivity contribution < 1.29 is 19.1 Å². The van der Waals surface area contributed by atoms with Gasteiger partial charge in [0.1, 0.15) is 5.75 Å². The normalized spacial score (nSPS) is 20.1. The van der Waals surface area contributed by atoms with Crippen molar-refractivity contribution in [3.05, 3.63) is 29.3 Å². The Morgan fingerprint density at radius 1 is 1.23 bits per heavy atom. The molecule has 0 bridgehead atoms. The number of benzene rings is 1. The number of ether oxygens (including phenoxy) is 1. The van der Waals surface area contributed by atoms with E-state index in [1.165, 1.54) is 0 Å². The topological polar surface area (TPSA) is 79.0 Å². The summed E-state index contributed by atoms with van der Waals surface area (Å²) in [6.07, 6.45) is 0.250. The van der Waals surface area contributed by atoms with Crippen molar-refractivity contribution in [2.75, 3.05) is 33.3 Å². The van der Waals surface area contributed by atoms with Crippen LogP contribution in [0.3, 0.4) is 0 Å². The summed E-state index contributed by atoms with van der Waals surface area (Å²) in [5.41, 5.74) is 2.15. The number of amides is 3. The van der Waals surface area contributed by atoms with Gasteiger partial charge >= 0.3 is 0 Å². The lowest BCUT2D eigenvalue weighted by atomic mass is 10.1. The van der Waals surface area contributed by atoms with Gasteiger partial charge in [0.05, 0.1) is 12.0 Å². The summed E-state index contributed by atoms with van der Waals surface area (Å²) < 4.78 is 5.63. The fourth-order valence-electron chi connectivity index (χ4n) is 3.51. The van der Waals surface area contributed by atoms with Gasteiger partial charge in [0.15, 0.2) is 6.61 Å². The quantitative estimate of drug-likeness (QED) is 0.830. The Morgan fingerprint density at radius 2 is 1.96 bits per heavy atom. The molecule has 7 heteroatoms. The van der Waals surface area contributed by atoms with Crippen LogP contribution in [0, 0.1) is 19.8 Å². The van der Waals surface area contributed by atoms with Gasteiger partial charge < -0.3 is 19.9 Å². The monoisotopic (exact) mass is 359 g/mol. The number of nitrogens with zero attached hydrogens (tertiary/aromatic N) is 2. The molecule has 2 aliphatic rings. The average molecular weight is 359 g/mol. The highest BCUT2D eigenvalue weighted by Gasteiger charge is 2.43. The molecule has 1 unspecified atom stereocenters. The summed E-state index contributed by atoms with van der Waals surface area (Å²) in [5, 5.41) is 2.59. The highest BCUT2D eigenvalue weighted by atomic mass is 16.5. The molecule has 0 aliphatic carbocycles. The number of nitrogens with one attached hydrogen (secondary N) is 1. The van der Waals surface area contributed by atoms with Crippen LogP contribution in [0.4, 0.5) is 0 Å². The molecule has 3 amide bonds. The summed E-state index contributed by atoms with van der Waals surface area (Å²) >= 11 is 0. The van der Waals surface area contributed by atoms with Crippen LogP contribution in [-0.4, -0.2) is 66.9 Å². The lowest BCUT2D eigenvalue weighted by molar-refractivity contribution is -0.145. The van der Waals surface area contributed by atoms with Gasteiger partial charge in [-0.25, -0.2) is 0 Å². The molecule has 0 saturated carbocycles. The highest BCUT2D eigenvalue weighted by Crippen LogP contribution is 2.25. The van der Waals surface area contributed by atoms with Crippen LogP contribution in [0.25, 0.3) is 0 Å². The second-order valence-corrected chi connectivity index (χ2v) is 7.07. The second-order valence-electron chi connectivity index (χ2n) is 7.07. The molecule has 26 heavy (non-hydrogen) atoms. The minimum Gasteiger partial charge on any atom is -0.484 e. The third kappa shape index (κ3) is 3.66. The molecule has 2 heterocycles. The molecule has 1 N–H and O–H groups in total. The van der Waals surface area contributed by atoms with Crippen LogP contribution in [0.5, 0.6) is 5.75 Å². The zero-order chi connectivity index (χ0) is 18.8. The summed E-state index contributed by atoms with van der Waals surface area (Å²) in [7, 11) is 1.58. The highest BCUT2D eigenvalue weighted by molar-refractivity contribution is 5.89. The Kier molecular flexibility index (Phi) is 5.15. The number of likely N-dealkylation sites (tertiary alicyclic amines) is 2. The van der Waals surface area contributed by atoms with Gasteiger partial charge in [-0.1, -0.05) is 17.7 Å². The predicted molar refractivity (Wildman–Crippen MR) is 95.7 cm³/mol. The number of hydrogen-bond acceptors (Lipinski definition) is 4. The van der Waals surface area contributed by atoms with E-state index in [2.05, 4.69) is 5.32 Å². The van der Waals surface area contributed by atoms with Crippen LogP contribution in [0.1, 0.15) is 17.5 Å². The van der Waals surface area contributed by atoms with Gasteiger partial charge in [0.2, 0.25) is 11.8 Å². The molecule has 1 atom stereocenters. The SMILES string of the molecule is CNC(=O)C1CC(=O)N(C2CN(C(=O)COc3ccc(C)cc3C)C2)C1. The minimum absolute atomic E-state index is 0.00205. The molecular formula is C19H25N3O4. The van der Waals surface area contributed by atoms with E-state index in [1.54, 1.807) is 16.8 Å². The molecule has 0 radical (unpaired) electrons. The van der Waals surface area contributed by atoms with E-state index >= 15 is 0 Å². The third-order valence-corrected chi connectivity index (χ3v) is 5.11. The van der Waals surface area contributed by atoms with Crippen molar-refractivity contribution >= 4 is 17.7 Å². The van der Waals surface area contributed by atoms with Crippen molar-refractivity contribution in [3.8, 4) is 5.75 Å². The fourth-order valence-corrected chi connectivity index (χ4v) is 3.51. The van der Waals surface area contributed by atoms with Crippen molar-refractivity contribution in [2.24, 2.45) is 5.92 Å². The van der Waals surface area contributed by atoms with Crippen LogP contribution < -0.4 is 10.1 Å². The summed E-state index contributed by atoms with van der Waals surface area (Å²) in [6.45, 7) is 5.39. The van der Waals surface area contributed by atoms with Gasteiger partial charge in [-0.2, -0.15) is 0 Å². The van der Waals surface area contributed by atoms with E-state index in [1.807, 2.05) is 32.0 Å². The molecule has 0 aromatic heterocycles. The number of aryl methyl sites for hydroxylation is 2. The zero-order valence-corrected chi connectivity index (χ0v) is 15.4. The molecule has 0 spiro atoms. The molecule has 1 aromatic rings. The van der Waals surface area contributed by atoms with Crippen molar-refractivity contribution in [1.29, 1.82) is 0 Å². The maximum atomic E-state index is 12.3. The van der Waals surface area contributed by atoms with Crippen molar-refractivity contribution in [1.82, 2.24) is 15.1 Å². The smallest absolute Gasteiger partial charge is 0.260 e. The molecule has 2 aliphatic heterocycles. The maximum absolute atomic E-state index is 12.3. The summed E-state index contributed by atoms with van der Waals surface area (Å²) in [4.78, 5) is 39.5. The molecule has 140 valence electrons. The van der Waals surface area contributed by atoms with Gasteiger partial charge in [0, 0.05) is 33.1 Å². The Morgan fingerprint density at radius 3 is 2.62 bits per heavy atom. The first-order chi connectivity index (χ1) is 12.4. The lowest BCUT2D eigenvalue weighted by Crippen LogP contribution is -2.62. The Bertz CT molecular complexity index is 727. The number of rotatable bonds is 5. The standard InChI is InChI=1S/C19H25N3O4/c1-12-4-5-16(13(2)6-12)26-11-18(24)21-9-15(10-21)22-8-14(7-17(22)23)19(25)20-3/h4-6,14-15H,7-11H2,1-3H3,(H,20,25). The first kappa shape index (κ1) is 18.2. The van der Waals surface area contributed by atoms with Crippen molar-refractivity contribution in [2.45, 2.75) is 26.3 Å². The van der Waals surface area contributed by atoms with Crippen LogP contribution in [0.2, 0.25) is 0 Å². The van der Waals surface area contributed by atoms with Crippen LogP contribution >= 0.6 is 0 Å². The van der Waals surface area contributed by atoms with Gasteiger partial charge in [-0.15, -0.1) is 0 Å². The van der Waals surface area contributed by atoms with E-state index in [-0.39, 0.29) is 42.7 Å². The van der Waals surface area contributed by atoms with Crippen LogP contribution in [0.15, 0.2) is 18.2 Å². The summed E-state index contributed by atoms with van der Waals surface area (Å²) in [5.74, 6) is 0.224. The third-order valence-electron chi connectivity index (χ3n) is 5.11. The van der Waals surface area contributed by atoms with E-state index in [0.717, 1.165) is 11.1 Å². The average Bonchev–Trinajstić information content (AvgIpc) is 2.93. The minimum atomic E-state index is -0.287. The van der Waals surface area contributed by atoms with Gasteiger partial charge in [-0.05, 0) is 25.5 Å². The number of carbonyl (C=O) groups excluding carboxylic acids is 3.